The van der Waals surface area contributed by atoms with Gasteiger partial charge in [-0.25, -0.2) is 0 Å². The standard InChI is InChI=1S/C6H10ClO2/c1-2-3-4-9-6(8)5-7/h3H,2,4-5H2,1H3. The third-order valence-electron chi connectivity index (χ3n) is 0.760. The molecular formula is C6H10ClO2. The Labute approximate surface area is 60.1 Å². The van der Waals surface area contributed by atoms with E-state index in [2.05, 4.69) is 4.74 Å². The van der Waals surface area contributed by atoms with Crippen molar-refractivity contribution < 1.29 is 9.53 Å². The van der Waals surface area contributed by atoms with E-state index in [4.69, 9.17) is 11.6 Å². The van der Waals surface area contributed by atoms with Crippen LogP contribution in [0.2, 0.25) is 0 Å². The molecule has 0 aliphatic carbocycles. The first kappa shape index (κ1) is 8.76. The van der Waals surface area contributed by atoms with Gasteiger partial charge in [0.1, 0.15) is 5.88 Å². The summed E-state index contributed by atoms with van der Waals surface area (Å²) in [6, 6.07) is 0. The second kappa shape index (κ2) is 5.89. The zero-order valence-corrected chi connectivity index (χ0v) is 6.15. The highest BCUT2D eigenvalue weighted by molar-refractivity contribution is 6.26. The number of alkyl halides is 1. The summed E-state index contributed by atoms with van der Waals surface area (Å²) in [6.07, 6.45) is 2.78. The number of rotatable bonds is 4. The SMILES string of the molecule is CC[CH]COC(=O)CCl. The minimum absolute atomic E-state index is 0.0580. The minimum Gasteiger partial charge on any atom is -0.464 e. The molecule has 0 saturated carbocycles. The summed E-state index contributed by atoms with van der Waals surface area (Å²) in [5.74, 6) is -0.418. The number of hydrogen-bond donors (Lipinski definition) is 0. The van der Waals surface area contributed by atoms with Gasteiger partial charge in [-0.15, -0.1) is 11.6 Å². The Morgan fingerprint density at radius 2 is 2.44 bits per heavy atom. The molecular weight excluding hydrogens is 140 g/mol. The quantitative estimate of drug-likeness (QED) is 0.343. The molecule has 0 aromatic heterocycles. The smallest absolute Gasteiger partial charge is 0.320 e. The fraction of sp³-hybridized carbons (Fsp3) is 0.667. The molecule has 53 valence electrons. The van der Waals surface area contributed by atoms with Crippen LogP contribution in [-0.4, -0.2) is 18.5 Å². The van der Waals surface area contributed by atoms with Crippen LogP contribution in [0.3, 0.4) is 0 Å². The van der Waals surface area contributed by atoms with E-state index >= 15 is 0 Å². The zero-order valence-electron chi connectivity index (χ0n) is 5.39. The number of carbonyl (C=O) groups is 1. The monoisotopic (exact) mass is 149 g/mol. The number of hydrogen-bond acceptors (Lipinski definition) is 2. The molecule has 0 bridgehead atoms. The molecule has 2 nitrogen and oxygen atoms in total. The Morgan fingerprint density at radius 3 is 2.89 bits per heavy atom. The first-order chi connectivity index (χ1) is 4.31. The highest BCUT2D eigenvalue weighted by Crippen LogP contribution is 1.88. The van der Waals surface area contributed by atoms with Gasteiger partial charge in [-0.1, -0.05) is 6.92 Å². The fourth-order valence-electron chi connectivity index (χ4n) is 0.308. The number of carbonyl (C=O) groups excluding carboxylic acids is 1. The molecule has 0 atom stereocenters. The molecule has 0 fully saturated rings. The summed E-state index contributed by atoms with van der Waals surface area (Å²) in [4.78, 5) is 10.3. The van der Waals surface area contributed by atoms with E-state index in [1.165, 1.54) is 0 Å². The molecule has 0 heterocycles. The molecule has 0 spiro atoms. The zero-order chi connectivity index (χ0) is 7.11. The van der Waals surface area contributed by atoms with Crippen LogP contribution in [0.25, 0.3) is 0 Å². The lowest BCUT2D eigenvalue weighted by Gasteiger charge is -1.98. The van der Waals surface area contributed by atoms with Crippen molar-refractivity contribution in [3.8, 4) is 0 Å². The number of esters is 1. The normalized spacial score (nSPS) is 9.11. The lowest BCUT2D eigenvalue weighted by molar-refractivity contribution is -0.139. The molecule has 0 aliphatic rings. The largest absolute Gasteiger partial charge is 0.464 e. The minimum atomic E-state index is -0.360. The Hall–Kier alpha value is -0.240. The topological polar surface area (TPSA) is 26.3 Å². The Morgan fingerprint density at radius 1 is 1.78 bits per heavy atom. The van der Waals surface area contributed by atoms with Gasteiger partial charge in [0.25, 0.3) is 0 Å². The third kappa shape index (κ3) is 5.63. The highest BCUT2D eigenvalue weighted by atomic mass is 35.5. The van der Waals surface area contributed by atoms with E-state index in [9.17, 15) is 4.79 Å². The van der Waals surface area contributed by atoms with Gasteiger partial charge in [-0.2, -0.15) is 0 Å². The van der Waals surface area contributed by atoms with Crippen molar-refractivity contribution in [1.82, 2.24) is 0 Å². The maximum absolute atomic E-state index is 10.3. The van der Waals surface area contributed by atoms with Gasteiger partial charge in [0, 0.05) is 0 Å². The lowest BCUT2D eigenvalue weighted by atomic mass is 10.4. The fourth-order valence-corrected chi connectivity index (χ4v) is 0.385. The van der Waals surface area contributed by atoms with Gasteiger partial charge < -0.3 is 4.74 Å². The van der Waals surface area contributed by atoms with Gasteiger partial charge in [0.15, 0.2) is 0 Å². The lowest BCUT2D eigenvalue weighted by Crippen LogP contribution is -2.06. The van der Waals surface area contributed by atoms with Crippen molar-refractivity contribution in [2.45, 2.75) is 13.3 Å². The van der Waals surface area contributed by atoms with E-state index in [1.54, 1.807) is 0 Å². The predicted octanol–water partition coefficient (Wildman–Crippen LogP) is 1.38. The second-order valence-corrected chi connectivity index (χ2v) is 1.78. The van der Waals surface area contributed by atoms with E-state index in [0.29, 0.717) is 6.61 Å². The molecule has 0 rings (SSSR count). The Bertz CT molecular complexity index is 83.1. The van der Waals surface area contributed by atoms with Crippen LogP contribution < -0.4 is 0 Å². The van der Waals surface area contributed by atoms with E-state index in [1.807, 2.05) is 13.3 Å². The summed E-state index contributed by atoms with van der Waals surface area (Å²) >= 11 is 5.14. The molecule has 0 amide bonds. The summed E-state index contributed by atoms with van der Waals surface area (Å²) in [7, 11) is 0. The molecule has 0 saturated heterocycles. The van der Waals surface area contributed by atoms with Crippen molar-refractivity contribution in [3.05, 3.63) is 6.42 Å². The molecule has 9 heavy (non-hydrogen) atoms. The van der Waals surface area contributed by atoms with Crippen molar-refractivity contribution in [2.24, 2.45) is 0 Å². The van der Waals surface area contributed by atoms with Crippen molar-refractivity contribution >= 4 is 17.6 Å². The van der Waals surface area contributed by atoms with E-state index < -0.39 is 0 Å². The first-order valence-electron chi connectivity index (χ1n) is 2.84. The summed E-state index contributed by atoms with van der Waals surface area (Å²) in [5.41, 5.74) is 0. The summed E-state index contributed by atoms with van der Waals surface area (Å²) in [6.45, 7) is 2.36. The average Bonchev–Trinajstić information content (AvgIpc) is 1.89. The molecule has 1 radical (unpaired) electrons. The van der Waals surface area contributed by atoms with Gasteiger partial charge >= 0.3 is 5.97 Å². The molecule has 0 aliphatic heterocycles. The maximum Gasteiger partial charge on any atom is 0.320 e. The molecule has 0 aromatic carbocycles. The van der Waals surface area contributed by atoms with Crippen molar-refractivity contribution in [1.29, 1.82) is 0 Å². The van der Waals surface area contributed by atoms with Crippen LogP contribution in [0, 0.1) is 6.42 Å². The highest BCUT2D eigenvalue weighted by Gasteiger charge is 1.96. The van der Waals surface area contributed by atoms with Crippen LogP contribution in [0.1, 0.15) is 13.3 Å². The van der Waals surface area contributed by atoms with Crippen LogP contribution in [-0.2, 0) is 9.53 Å². The van der Waals surface area contributed by atoms with Crippen molar-refractivity contribution in [3.63, 3.8) is 0 Å². The maximum atomic E-state index is 10.3. The summed E-state index contributed by atoms with van der Waals surface area (Å²) < 4.78 is 4.61. The van der Waals surface area contributed by atoms with Crippen LogP contribution in [0.15, 0.2) is 0 Å². The number of ether oxygens (including phenoxy) is 1. The van der Waals surface area contributed by atoms with Gasteiger partial charge in [-0.05, 0) is 12.8 Å². The Kier molecular flexibility index (Phi) is 5.73. The second-order valence-electron chi connectivity index (χ2n) is 1.51. The average molecular weight is 150 g/mol. The van der Waals surface area contributed by atoms with E-state index in [0.717, 1.165) is 6.42 Å². The Balaban J connectivity index is 2.97. The first-order valence-corrected chi connectivity index (χ1v) is 3.38. The van der Waals surface area contributed by atoms with Gasteiger partial charge in [0.05, 0.1) is 6.61 Å². The van der Waals surface area contributed by atoms with Gasteiger partial charge in [0.2, 0.25) is 0 Å². The van der Waals surface area contributed by atoms with Crippen LogP contribution >= 0.6 is 11.6 Å². The van der Waals surface area contributed by atoms with E-state index in [-0.39, 0.29) is 11.8 Å². The third-order valence-corrected chi connectivity index (χ3v) is 0.978. The molecule has 3 heteroatoms. The van der Waals surface area contributed by atoms with Gasteiger partial charge in [-0.3, -0.25) is 4.79 Å². The molecule has 0 aromatic rings. The van der Waals surface area contributed by atoms with Crippen LogP contribution in [0.4, 0.5) is 0 Å². The predicted molar refractivity (Wildman–Crippen MR) is 36.3 cm³/mol. The van der Waals surface area contributed by atoms with Crippen molar-refractivity contribution in [2.75, 3.05) is 12.5 Å². The van der Waals surface area contributed by atoms with Crippen LogP contribution in [0.5, 0.6) is 0 Å². The molecule has 0 unspecified atom stereocenters. The molecule has 0 N–H and O–H groups in total. The summed E-state index contributed by atoms with van der Waals surface area (Å²) in [5, 5.41) is 0. The number of unbranched alkanes of at least 4 members (excludes halogenated alkanes) is 1. The number of halogens is 1.